The lowest BCUT2D eigenvalue weighted by Crippen LogP contribution is -2.25. The molecule has 0 saturated heterocycles. The van der Waals surface area contributed by atoms with E-state index in [1.54, 1.807) is 60.2 Å². The maximum atomic E-state index is 12.3. The van der Waals surface area contributed by atoms with Crippen molar-refractivity contribution in [2.75, 3.05) is 6.54 Å². The summed E-state index contributed by atoms with van der Waals surface area (Å²) in [7, 11) is 0. The lowest BCUT2D eigenvalue weighted by atomic mass is 10.1. The van der Waals surface area contributed by atoms with Gasteiger partial charge in [-0.1, -0.05) is 30.3 Å². The number of carbonyl (C=O) groups is 2. The molecule has 118 valence electrons. The number of rotatable bonds is 5. The molecular weight excluding hydrogens is 294 g/mol. The van der Waals surface area contributed by atoms with Gasteiger partial charge in [0.1, 0.15) is 0 Å². The van der Waals surface area contributed by atoms with Gasteiger partial charge in [0.05, 0.1) is 6.21 Å². The highest BCUT2D eigenvalue weighted by atomic mass is 16.5. The van der Waals surface area contributed by atoms with Crippen LogP contribution in [0.25, 0.3) is 0 Å². The van der Waals surface area contributed by atoms with Gasteiger partial charge in [0, 0.05) is 17.7 Å². The van der Waals surface area contributed by atoms with Crippen molar-refractivity contribution in [3.63, 3.8) is 0 Å². The predicted octanol–water partition coefficient (Wildman–Crippen LogP) is 2.30. The van der Waals surface area contributed by atoms with Crippen molar-refractivity contribution in [1.82, 2.24) is 10.5 Å². The zero-order chi connectivity index (χ0) is 16.7. The number of hydrogen-bond donors (Lipinski definition) is 2. The fourth-order valence-electron chi connectivity index (χ4n) is 1.93. The van der Waals surface area contributed by atoms with Crippen molar-refractivity contribution in [2.24, 2.45) is 5.10 Å². The van der Waals surface area contributed by atoms with E-state index in [0.717, 1.165) is 5.56 Å². The summed E-state index contributed by atoms with van der Waals surface area (Å²) < 4.78 is 0. The number of nitrogens with zero attached hydrogens (tertiary/aromatic N) is 2. The highest BCUT2D eigenvalue weighted by Gasteiger charge is 2.12. The van der Waals surface area contributed by atoms with Crippen LogP contribution in [0.2, 0.25) is 0 Å². The largest absolute Gasteiger partial charge is 0.288 e. The van der Waals surface area contributed by atoms with Crippen LogP contribution in [0, 0.1) is 0 Å². The maximum Gasteiger partial charge on any atom is 0.274 e. The van der Waals surface area contributed by atoms with Gasteiger partial charge < -0.3 is 0 Å². The summed E-state index contributed by atoms with van der Waals surface area (Å²) in [5.41, 5.74) is 3.20. The van der Waals surface area contributed by atoms with Gasteiger partial charge in [-0.3, -0.25) is 14.8 Å². The van der Waals surface area contributed by atoms with E-state index in [2.05, 4.69) is 5.10 Å². The van der Waals surface area contributed by atoms with Crippen LogP contribution in [-0.2, 0) is 0 Å². The molecule has 6 nitrogen and oxygen atoms in total. The molecule has 6 heteroatoms. The standard InChI is InChI=1S/C17H17N3O3/c1-2-20(17(22)15-6-4-3-5-7-15)18-12-13-8-10-14(11-9-13)16(21)19-23/h3-12,23H,2H2,1H3,(H,19,21)/b18-12+. The van der Waals surface area contributed by atoms with Crippen molar-refractivity contribution >= 4 is 18.0 Å². The zero-order valence-electron chi connectivity index (χ0n) is 12.6. The summed E-state index contributed by atoms with van der Waals surface area (Å²) in [5.74, 6) is -0.761. The third-order valence-corrected chi connectivity index (χ3v) is 3.18. The molecule has 0 spiro atoms. The summed E-state index contributed by atoms with van der Waals surface area (Å²) in [5, 5.41) is 14.1. The van der Waals surface area contributed by atoms with Crippen LogP contribution in [0.1, 0.15) is 33.2 Å². The molecule has 0 unspecified atom stereocenters. The number of nitrogens with one attached hydrogen (secondary N) is 1. The molecule has 0 aromatic heterocycles. The van der Waals surface area contributed by atoms with Gasteiger partial charge >= 0.3 is 0 Å². The van der Waals surface area contributed by atoms with Crippen molar-refractivity contribution in [3.8, 4) is 0 Å². The molecule has 0 aliphatic heterocycles. The Balaban J connectivity index is 2.10. The monoisotopic (exact) mass is 311 g/mol. The van der Waals surface area contributed by atoms with Crippen molar-refractivity contribution < 1.29 is 14.8 Å². The van der Waals surface area contributed by atoms with Crippen LogP contribution < -0.4 is 5.48 Å². The second-order valence-corrected chi connectivity index (χ2v) is 4.69. The van der Waals surface area contributed by atoms with Gasteiger partial charge in [-0.2, -0.15) is 5.10 Å². The molecule has 23 heavy (non-hydrogen) atoms. The van der Waals surface area contributed by atoms with Crippen molar-refractivity contribution in [1.29, 1.82) is 0 Å². The number of benzene rings is 2. The first-order chi connectivity index (χ1) is 11.2. The summed E-state index contributed by atoms with van der Waals surface area (Å²) in [4.78, 5) is 23.5. The molecule has 0 bridgehead atoms. The summed E-state index contributed by atoms with van der Waals surface area (Å²) in [6.45, 7) is 2.28. The van der Waals surface area contributed by atoms with Gasteiger partial charge in [0.2, 0.25) is 0 Å². The van der Waals surface area contributed by atoms with E-state index >= 15 is 0 Å². The third-order valence-electron chi connectivity index (χ3n) is 3.18. The Hall–Kier alpha value is -2.99. The number of hydrazone groups is 1. The lowest BCUT2D eigenvalue weighted by Gasteiger charge is -2.14. The Bertz CT molecular complexity index is 697. The second-order valence-electron chi connectivity index (χ2n) is 4.69. The number of hydroxylamine groups is 1. The first-order valence-corrected chi connectivity index (χ1v) is 7.11. The van der Waals surface area contributed by atoms with Gasteiger partial charge in [0.15, 0.2) is 0 Å². The van der Waals surface area contributed by atoms with E-state index in [4.69, 9.17) is 5.21 Å². The molecule has 2 aromatic rings. The van der Waals surface area contributed by atoms with Gasteiger partial charge in [-0.05, 0) is 36.8 Å². The minimum atomic E-state index is -0.581. The van der Waals surface area contributed by atoms with Gasteiger partial charge in [-0.15, -0.1) is 0 Å². The molecule has 0 saturated carbocycles. The first-order valence-electron chi connectivity index (χ1n) is 7.11. The number of hydrogen-bond acceptors (Lipinski definition) is 4. The molecule has 2 aromatic carbocycles. The van der Waals surface area contributed by atoms with Crippen LogP contribution in [0.3, 0.4) is 0 Å². The van der Waals surface area contributed by atoms with E-state index in [0.29, 0.717) is 17.7 Å². The van der Waals surface area contributed by atoms with Gasteiger partial charge in [-0.25, -0.2) is 10.5 Å². The van der Waals surface area contributed by atoms with E-state index in [1.165, 1.54) is 5.01 Å². The van der Waals surface area contributed by atoms with E-state index in [-0.39, 0.29) is 5.91 Å². The Kier molecular flexibility index (Phi) is 5.60. The minimum absolute atomic E-state index is 0.180. The van der Waals surface area contributed by atoms with Crippen LogP contribution in [0.5, 0.6) is 0 Å². The van der Waals surface area contributed by atoms with Crippen LogP contribution in [-0.4, -0.2) is 34.8 Å². The van der Waals surface area contributed by atoms with Crippen LogP contribution in [0.4, 0.5) is 0 Å². The normalized spacial score (nSPS) is 10.5. The maximum absolute atomic E-state index is 12.3. The smallest absolute Gasteiger partial charge is 0.274 e. The number of carbonyl (C=O) groups excluding carboxylic acids is 2. The SMILES string of the molecule is CCN(/N=C/c1ccc(C(=O)NO)cc1)C(=O)c1ccccc1. The number of amides is 2. The summed E-state index contributed by atoms with van der Waals surface area (Å²) >= 11 is 0. The molecular formula is C17H17N3O3. The van der Waals surface area contributed by atoms with Crippen molar-refractivity contribution in [3.05, 3.63) is 71.3 Å². The Morgan fingerprint density at radius 3 is 2.30 bits per heavy atom. The topological polar surface area (TPSA) is 82.0 Å². The molecule has 0 fully saturated rings. The molecule has 2 N–H and O–H groups in total. The average Bonchev–Trinajstić information content (AvgIpc) is 2.62. The van der Waals surface area contributed by atoms with E-state index < -0.39 is 5.91 Å². The highest BCUT2D eigenvalue weighted by molar-refractivity contribution is 5.95. The second kappa shape index (κ2) is 7.86. The minimum Gasteiger partial charge on any atom is -0.288 e. The third kappa shape index (κ3) is 4.24. The highest BCUT2D eigenvalue weighted by Crippen LogP contribution is 2.06. The predicted molar refractivity (Wildman–Crippen MR) is 86.4 cm³/mol. The summed E-state index contributed by atoms with van der Waals surface area (Å²) in [6, 6.07) is 15.4. The van der Waals surface area contributed by atoms with Crippen LogP contribution in [0.15, 0.2) is 59.7 Å². The zero-order valence-corrected chi connectivity index (χ0v) is 12.6. The lowest BCUT2D eigenvalue weighted by molar-refractivity contribution is 0.0706. The average molecular weight is 311 g/mol. The molecule has 0 aliphatic carbocycles. The molecule has 0 aliphatic rings. The molecule has 0 radical (unpaired) electrons. The Labute approximate surface area is 134 Å². The Morgan fingerprint density at radius 1 is 1.09 bits per heavy atom. The summed E-state index contributed by atoms with van der Waals surface area (Å²) in [6.07, 6.45) is 1.55. The van der Waals surface area contributed by atoms with Crippen LogP contribution >= 0.6 is 0 Å². The van der Waals surface area contributed by atoms with E-state index in [9.17, 15) is 9.59 Å². The fourth-order valence-corrected chi connectivity index (χ4v) is 1.93. The molecule has 0 atom stereocenters. The molecule has 2 rings (SSSR count). The molecule has 2 amide bonds. The van der Waals surface area contributed by atoms with Gasteiger partial charge in [0.25, 0.3) is 11.8 Å². The Morgan fingerprint density at radius 2 is 1.74 bits per heavy atom. The fraction of sp³-hybridized carbons (Fsp3) is 0.118. The quantitative estimate of drug-likeness (QED) is 0.505. The van der Waals surface area contributed by atoms with Crippen molar-refractivity contribution in [2.45, 2.75) is 6.92 Å². The van der Waals surface area contributed by atoms with E-state index in [1.807, 2.05) is 13.0 Å². The first kappa shape index (κ1) is 16.4. The molecule has 0 heterocycles.